The van der Waals surface area contributed by atoms with E-state index in [2.05, 4.69) is 140 Å². The Morgan fingerprint density at radius 2 is 0.649 bits per heavy atom. The molecule has 0 saturated carbocycles. The van der Waals surface area contributed by atoms with E-state index in [4.69, 9.17) is 0 Å². The van der Waals surface area contributed by atoms with E-state index in [1.165, 1.54) is 72.4 Å². The number of alkyl halides is 1. The van der Waals surface area contributed by atoms with Gasteiger partial charge in [0.05, 0.1) is 0 Å². The maximum absolute atomic E-state index is 4.15. The van der Waals surface area contributed by atoms with Gasteiger partial charge in [-0.05, 0) is 116 Å². The molecule has 0 N–H and O–H groups in total. The van der Waals surface area contributed by atoms with Gasteiger partial charge in [-0.25, -0.2) is 0 Å². The Morgan fingerprint density at radius 3 is 0.959 bits per heavy atom. The van der Waals surface area contributed by atoms with Crippen LogP contribution in [0.5, 0.6) is 0 Å². The summed E-state index contributed by atoms with van der Waals surface area (Å²) in [7, 11) is 0. The second kappa shape index (κ2) is 51.6. The molecule has 400 valence electrons. The lowest BCUT2D eigenvalue weighted by Crippen LogP contribution is -1.85. The summed E-state index contributed by atoms with van der Waals surface area (Å²) in [5.41, 5.74) is 17.6. The van der Waals surface area contributed by atoms with E-state index < -0.39 is 0 Å². The number of fused-ring (bicyclic) bond motifs is 4. The second-order valence-corrected chi connectivity index (χ2v) is 13.8. The minimum atomic E-state index is 1.01. The van der Waals surface area contributed by atoms with E-state index in [-0.39, 0.29) is 0 Å². The van der Waals surface area contributed by atoms with Gasteiger partial charge in [-0.3, -0.25) is 19.9 Å². The van der Waals surface area contributed by atoms with Gasteiger partial charge in [-0.1, -0.05) is 267 Å². The first-order valence-electron chi connectivity index (χ1n) is 27.7. The molecule has 5 heteroatoms. The van der Waals surface area contributed by atoms with Crippen LogP contribution in [0, 0.1) is 0 Å². The number of rotatable bonds is 3. The van der Waals surface area contributed by atoms with Crippen molar-refractivity contribution in [1.82, 2.24) is 19.9 Å². The van der Waals surface area contributed by atoms with Crippen LogP contribution in [0.25, 0.3) is 35.5 Å². The van der Waals surface area contributed by atoms with Crippen LogP contribution in [0.1, 0.15) is 180 Å². The highest BCUT2D eigenvalue weighted by atomic mass is 79.9. The number of nitrogens with zero attached hydrogens (tertiary/aromatic N) is 4. The topological polar surface area (TPSA) is 51.6 Å². The largest absolute Gasteiger partial charge is 0.264 e. The Bertz CT molecular complexity index is 2330. The number of halogens is 1. The molecular weight excluding hydrogens is 965 g/mol. The Balaban J connectivity index is -0.000000805. The first-order valence-corrected chi connectivity index (χ1v) is 29.3. The highest BCUT2D eigenvalue weighted by Gasteiger charge is 2.14. The van der Waals surface area contributed by atoms with E-state index >= 15 is 0 Å². The van der Waals surface area contributed by atoms with E-state index in [0.29, 0.717) is 0 Å². The number of hydrogen-bond acceptors (Lipinski definition) is 4. The van der Waals surface area contributed by atoms with Gasteiger partial charge in [0.1, 0.15) is 0 Å². The van der Waals surface area contributed by atoms with Crippen LogP contribution in [0.2, 0.25) is 0 Å². The van der Waals surface area contributed by atoms with Crippen LogP contribution >= 0.6 is 15.9 Å². The van der Waals surface area contributed by atoms with Crippen LogP contribution in [0.4, 0.5) is 0 Å². The minimum Gasteiger partial charge on any atom is -0.264 e. The van der Waals surface area contributed by atoms with Crippen molar-refractivity contribution >= 4 is 51.4 Å². The fraction of sp³-hybridized carbons (Fsp3) is 0.333. The number of benzene rings is 3. The summed E-state index contributed by atoms with van der Waals surface area (Å²) in [6, 6.07) is 41.3. The summed E-state index contributed by atoms with van der Waals surface area (Å²) in [5, 5.41) is 0. The van der Waals surface area contributed by atoms with Crippen LogP contribution in [0.3, 0.4) is 0 Å². The van der Waals surface area contributed by atoms with Crippen molar-refractivity contribution in [1.29, 1.82) is 0 Å². The molecule has 0 saturated heterocycles. The molecule has 0 unspecified atom stereocenters. The molecular formula is C69H97BrN4. The minimum absolute atomic E-state index is 1.01. The van der Waals surface area contributed by atoms with Gasteiger partial charge >= 0.3 is 0 Å². The summed E-state index contributed by atoms with van der Waals surface area (Å²) < 4.78 is 0. The monoisotopic (exact) mass is 1060 g/mol. The Kier molecular flexibility index (Phi) is 50.2. The molecule has 0 atom stereocenters. The van der Waals surface area contributed by atoms with Crippen molar-refractivity contribution in [3.05, 3.63) is 238 Å². The van der Waals surface area contributed by atoms with Gasteiger partial charge in [0, 0.05) is 62.4 Å². The van der Waals surface area contributed by atoms with Gasteiger partial charge in [-0.2, -0.15) is 0 Å². The van der Waals surface area contributed by atoms with Crippen molar-refractivity contribution in [3.63, 3.8) is 0 Å². The third-order valence-electron chi connectivity index (χ3n) is 10.0. The van der Waals surface area contributed by atoms with Crippen molar-refractivity contribution in [2.75, 3.05) is 5.83 Å². The van der Waals surface area contributed by atoms with Gasteiger partial charge in [0.15, 0.2) is 0 Å². The fourth-order valence-corrected chi connectivity index (χ4v) is 6.95. The lowest BCUT2D eigenvalue weighted by atomic mass is 10.0. The van der Waals surface area contributed by atoms with Crippen molar-refractivity contribution < 1.29 is 0 Å². The number of hydrogen-bond donors (Lipinski definition) is 0. The highest BCUT2D eigenvalue weighted by Crippen LogP contribution is 2.32. The van der Waals surface area contributed by atoms with Crippen molar-refractivity contribution in [2.24, 2.45) is 0 Å². The van der Waals surface area contributed by atoms with E-state index in [9.17, 15) is 0 Å². The zero-order chi connectivity index (χ0) is 56.2. The molecule has 74 heavy (non-hydrogen) atoms. The van der Waals surface area contributed by atoms with Crippen LogP contribution in [0.15, 0.2) is 183 Å². The van der Waals surface area contributed by atoms with Gasteiger partial charge in [0.2, 0.25) is 0 Å². The highest BCUT2D eigenvalue weighted by molar-refractivity contribution is 9.08. The summed E-state index contributed by atoms with van der Waals surface area (Å²) in [6.07, 6.45) is 31.6. The lowest BCUT2D eigenvalue weighted by Gasteiger charge is -2.00. The molecule has 4 aliphatic carbocycles. The van der Waals surface area contributed by atoms with Crippen LogP contribution in [-0.4, -0.2) is 25.8 Å². The summed E-state index contributed by atoms with van der Waals surface area (Å²) in [5.74, 6) is 1.81. The van der Waals surface area contributed by atoms with E-state index in [1.54, 1.807) is 0 Å². The zero-order valence-corrected chi connectivity index (χ0v) is 50.8. The van der Waals surface area contributed by atoms with E-state index in [1.807, 2.05) is 221 Å². The lowest BCUT2D eigenvalue weighted by molar-refractivity contribution is 1.03. The average Bonchev–Trinajstić information content (AvgIpc) is 4.38. The molecule has 4 heterocycles. The number of aromatic nitrogens is 4. The van der Waals surface area contributed by atoms with E-state index in [0.717, 1.165) is 32.1 Å². The maximum Gasteiger partial charge on any atom is 0.0309 e. The smallest absolute Gasteiger partial charge is 0.0309 e. The molecule has 4 aromatic heterocycles. The maximum atomic E-state index is 4.15. The summed E-state index contributed by atoms with van der Waals surface area (Å²) in [6.45, 7) is 34.2. The van der Waals surface area contributed by atoms with Crippen molar-refractivity contribution in [3.8, 4) is 0 Å². The SMILES string of the molecule is C1=C(c2ccccc2)Cc2cnccc21.C1=C(c2ccccc2)Cc2cnccc21.C1=Cc2ccncc2C1.CBr.CC.CC.CC.CC.CC.CC.CC.CC.CCC1=Cc2ccncc2C1.c1ccccc1. The predicted molar refractivity (Wildman–Crippen MR) is 340 cm³/mol. The summed E-state index contributed by atoms with van der Waals surface area (Å²) >= 11 is 2.94. The Labute approximate surface area is 462 Å². The molecule has 0 fully saturated rings. The molecule has 0 amide bonds. The normalized spacial score (nSPS) is 10.7. The first-order chi connectivity index (χ1) is 36.7. The Morgan fingerprint density at radius 1 is 0.351 bits per heavy atom. The van der Waals surface area contributed by atoms with Gasteiger partial charge < -0.3 is 0 Å². The quantitative estimate of drug-likeness (QED) is 0.166. The molecule has 3 aromatic carbocycles. The number of allylic oxidation sites excluding steroid dienone is 4. The molecule has 11 rings (SSSR count). The third kappa shape index (κ3) is 27.7. The van der Waals surface area contributed by atoms with Gasteiger partial charge in [0.25, 0.3) is 0 Å². The first kappa shape index (κ1) is 72.0. The molecule has 4 nitrogen and oxygen atoms in total. The summed E-state index contributed by atoms with van der Waals surface area (Å²) in [4.78, 5) is 16.4. The standard InChI is InChI=1S/2C14H11N.C10H11N.C8H7N.C6H6.8C2H6.CH3Br/c2*1-2-4-11(5-3-1)13-8-12-6-7-15-10-14(12)9-13;1-2-8-5-9-3-4-11-7-10(9)6-8;1-2-7-4-5-9-6-8(7)3-1;1-2-4-6-5-3-1;9*1-2/h2*1-8,10H,9H2;3-5,7H,2,6H2,1H3;1-2,4-6H,3H2;1-6H;8*1-2H3;1H3. The Hall–Kier alpha value is -6.30. The number of pyridine rings is 4. The molecule has 4 aliphatic rings. The average molecular weight is 1060 g/mol. The van der Waals surface area contributed by atoms with Gasteiger partial charge in [-0.15, -0.1) is 0 Å². The molecule has 7 aromatic rings. The molecule has 0 radical (unpaired) electrons. The predicted octanol–water partition coefficient (Wildman–Crippen LogP) is 21.3. The van der Waals surface area contributed by atoms with Crippen LogP contribution < -0.4 is 0 Å². The third-order valence-corrected chi connectivity index (χ3v) is 10.0. The fourth-order valence-electron chi connectivity index (χ4n) is 6.95. The molecule has 0 aliphatic heterocycles. The molecule has 0 spiro atoms. The van der Waals surface area contributed by atoms with Crippen molar-refractivity contribution in [2.45, 2.75) is 150 Å². The van der Waals surface area contributed by atoms with Crippen LogP contribution in [-0.2, 0) is 25.7 Å². The molecule has 0 bridgehead atoms. The second-order valence-electron chi connectivity index (χ2n) is 13.8. The zero-order valence-electron chi connectivity index (χ0n) is 49.3.